The highest BCUT2D eigenvalue weighted by atomic mass is 16.5. The van der Waals surface area contributed by atoms with Gasteiger partial charge < -0.3 is 25.0 Å². The Morgan fingerprint density at radius 3 is 2.74 bits per heavy atom. The van der Waals surface area contributed by atoms with E-state index in [1.54, 1.807) is 13.1 Å². The van der Waals surface area contributed by atoms with Crippen molar-refractivity contribution in [1.29, 1.82) is 0 Å². The van der Waals surface area contributed by atoms with Crippen molar-refractivity contribution in [3.05, 3.63) is 23.9 Å². The topological polar surface area (TPSA) is 92.8 Å². The molecule has 0 unspecified atom stereocenters. The summed E-state index contributed by atoms with van der Waals surface area (Å²) >= 11 is 0. The largest absolute Gasteiger partial charge is 0.450 e. The van der Waals surface area contributed by atoms with Gasteiger partial charge in [-0.1, -0.05) is 6.07 Å². The van der Waals surface area contributed by atoms with Crippen molar-refractivity contribution in [2.24, 2.45) is 0 Å². The van der Waals surface area contributed by atoms with Crippen LogP contribution in [-0.2, 0) is 20.8 Å². The highest BCUT2D eigenvalue weighted by Crippen LogP contribution is 2.12. The Bertz CT molecular complexity index is 515. The molecule has 8 nitrogen and oxygen atoms in total. The minimum absolute atomic E-state index is 0.113. The smallest absolute Gasteiger partial charge is 0.407 e. The predicted molar refractivity (Wildman–Crippen MR) is 84.1 cm³/mol. The molecule has 1 aliphatic heterocycles. The number of hydrogen-bond acceptors (Lipinski definition) is 6. The molecule has 0 aromatic carbocycles. The molecule has 2 N–H and O–H groups in total. The van der Waals surface area contributed by atoms with Crippen LogP contribution in [0.1, 0.15) is 12.5 Å². The molecule has 23 heavy (non-hydrogen) atoms. The van der Waals surface area contributed by atoms with E-state index in [0.29, 0.717) is 19.8 Å². The van der Waals surface area contributed by atoms with Crippen molar-refractivity contribution in [2.75, 3.05) is 44.4 Å². The average Bonchev–Trinajstić information content (AvgIpc) is 2.59. The van der Waals surface area contributed by atoms with Crippen LogP contribution < -0.4 is 15.5 Å². The van der Waals surface area contributed by atoms with Crippen LogP contribution in [0.4, 0.5) is 10.6 Å². The van der Waals surface area contributed by atoms with Crippen LogP contribution >= 0.6 is 0 Å². The van der Waals surface area contributed by atoms with Crippen LogP contribution in [-0.4, -0.2) is 56.4 Å². The van der Waals surface area contributed by atoms with Gasteiger partial charge in [-0.05, 0) is 18.6 Å². The van der Waals surface area contributed by atoms with Crippen molar-refractivity contribution >= 4 is 17.8 Å². The number of pyridine rings is 1. The van der Waals surface area contributed by atoms with E-state index in [2.05, 4.69) is 25.3 Å². The second-order valence-corrected chi connectivity index (χ2v) is 4.97. The van der Waals surface area contributed by atoms with Crippen molar-refractivity contribution < 1.29 is 19.1 Å². The van der Waals surface area contributed by atoms with E-state index in [0.717, 1.165) is 24.5 Å². The maximum absolute atomic E-state index is 11.6. The summed E-state index contributed by atoms with van der Waals surface area (Å²) < 4.78 is 9.98. The molecule has 2 heterocycles. The molecule has 1 fully saturated rings. The number of anilines is 1. The number of hydrogen-bond donors (Lipinski definition) is 2. The third-order valence-corrected chi connectivity index (χ3v) is 3.30. The van der Waals surface area contributed by atoms with E-state index in [1.807, 2.05) is 12.1 Å². The summed E-state index contributed by atoms with van der Waals surface area (Å²) in [5.41, 5.74) is 0.895. The lowest BCUT2D eigenvalue weighted by molar-refractivity contribution is -0.120. The maximum Gasteiger partial charge on any atom is 0.407 e. The van der Waals surface area contributed by atoms with Gasteiger partial charge in [-0.25, -0.2) is 9.78 Å². The first kappa shape index (κ1) is 17.0. The maximum atomic E-state index is 11.6. The number of alkyl carbamates (subject to hydrolysis) is 1. The van der Waals surface area contributed by atoms with Crippen LogP contribution in [0.15, 0.2) is 18.3 Å². The quantitative estimate of drug-likeness (QED) is 0.781. The van der Waals surface area contributed by atoms with Crippen LogP contribution in [0.2, 0.25) is 0 Å². The summed E-state index contributed by atoms with van der Waals surface area (Å²) in [6.07, 6.45) is 1.14. The predicted octanol–water partition coefficient (Wildman–Crippen LogP) is 0.281. The van der Waals surface area contributed by atoms with E-state index >= 15 is 0 Å². The van der Waals surface area contributed by atoms with Gasteiger partial charge in [0.05, 0.1) is 19.8 Å². The van der Waals surface area contributed by atoms with Gasteiger partial charge in [-0.3, -0.25) is 4.79 Å². The molecule has 0 saturated carbocycles. The molecule has 8 heteroatoms. The SMILES string of the molecule is CCOC(=O)NCC(=O)NCc1ccc(N2CCOCC2)nc1. The Morgan fingerprint density at radius 1 is 1.30 bits per heavy atom. The zero-order valence-electron chi connectivity index (χ0n) is 13.2. The summed E-state index contributed by atoms with van der Waals surface area (Å²) in [4.78, 5) is 29.3. The molecule has 0 aliphatic carbocycles. The van der Waals surface area contributed by atoms with Gasteiger partial charge in [-0.15, -0.1) is 0 Å². The van der Waals surface area contributed by atoms with Gasteiger partial charge in [0.1, 0.15) is 12.4 Å². The van der Waals surface area contributed by atoms with Crippen LogP contribution in [0.25, 0.3) is 0 Å². The summed E-state index contributed by atoms with van der Waals surface area (Å²) in [6, 6.07) is 3.86. The first-order valence-corrected chi connectivity index (χ1v) is 7.64. The number of morpholine rings is 1. The molecule has 0 radical (unpaired) electrons. The van der Waals surface area contributed by atoms with E-state index in [4.69, 9.17) is 4.74 Å². The Labute approximate surface area is 135 Å². The Kier molecular flexibility index (Phi) is 6.61. The fraction of sp³-hybridized carbons (Fsp3) is 0.533. The molecule has 0 atom stereocenters. The lowest BCUT2D eigenvalue weighted by Crippen LogP contribution is -2.37. The summed E-state index contributed by atoms with van der Waals surface area (Å²) in [7, 11) is 0. The van der Waals surface area contributed by atoms with E-state index < -0.39 is 6.09 Å². The zero-order valence-corrected chi connectivity index (χ0v) is 13.2. The lowest BCUT2D eigenvalue weighted by Gasteiger charge is -2.27. The van der Waals surface area contributed by atoms with Gasteiger partial charge in [0.25, 0.3) is 0 Å². The number of rotatable bonds is 6. The van der Waals surface area contributed by atoms with Gasteiger partial charge in [0.15, 0.2) is 0 Å². The Morgan fingerprint density at radius 2 is 2.09 bits per heavy atom. The van der Waals surface area contributed by atoms with Gasteiger partial charge in [0, 0.05) is 25.8 Å². The fourth-order valence-electron chi connectivity index (χ4n) is 2.10. The average molecular weight is 322 g/mol. The monoisotopic (exact) mass is 322 g/mol. The highest BCUT2D eigenvalue weighted by molar-refractivity contribution is 5.82. The first-order valence-electron chi connectivity index (χ1n) is 7.64. The Hall–Kier alpha value is -2.35. The summed E-state index contributed by atoms with van der Waals surface area (Å²) in [6.45, 7) is 5.32. The molecule has 126 valence electrons. The molecule has 2 rings (SSSR count). The lowest BCUT2D eigenvalue weighted by atomic mass is 10.2. The molecule has 0 bridgehead atoms. The highest BCUT2D eigenvalue weighted by Gasteiger charge is 2.12. The number of amides is 2. The van der Waals surface area contributed by atoms with E-state index in [1.165, 1.54) is 0 Å². The summed E-state index contributed by atoms with van der Waals surface area (Å²) in [5, 5.41) is 5.08. The molecular formula is C15H22N4O4. The van der Waals surface area contributed by atoms with Gasteiger partial charge >= 0.3 is 6.09 Å². The number of ether oxygens (including phenoxy) is 2. The van der Waals surface area contributed by atoms with Gasteiger partial charge in [0.2, 0.25) is 5.91 Å². The van der Waals surface area contributed by atoms with Crippen molar-refractivity contribution in [3.63, 3.8) is 0 Å². The number of nitrogens with one attached hydrogen (secondary N) is 2. The number of carbonyl (C=O) groups excluding carboxylic acids is 2. The molecule has 0 spiro atoms. The van der Waals surface area contributed by atoms with Crippen molar-refractivity contribution in [1.82, 2.24) is 15.6 Å². The van der Waals surface area contributed by atoms with Crippen LogP contribution in [0.5, 0.6) is 0 Å². The summed E-state index contributed by atoms with van der Waals surface area (Å²) in [5.74, 6) is 0.627. The van der Waals surface area contributed by atoms with Gasteiger partial charge in [-0.2, -0.15) is 0 Å². The minimum Gasteiger partial charge on any atom is -0.450 e. The fourth-order valence-corrected chi connectivity index (χ4v) is 2.10. The third kappa shape index (κ3) is 5.74. The van der Waals surface area contributed by atoms with Crippen LogP contribution in [0, 0.1) is 0 Å². The number of carbonyl (C=O) groups is 2. The molecule has 1 saturated heterocycles. The molecule has 2 amide bonds. The second kappa shape index (κ2) is 8.94. The second-order valence-electron chi connectivity index (χ2n) is 4.97. The number of nitrogens with zero attached hydrogens (tertiary/aromatic N) is 2. The molecule has 1 aromatic heterocycles. The van der Waals surface area contributed by atoms with Crippen molar-refractivity contribution in [2.45, 2.75) is 13.5 Å². The third-order valence-electron chi connectivity index (χ3n) is 3.30. The number of aromatic nitrogens is 1. The minimum atomic E-state index is -0.598. The molecule has 1 aromatic rings. The molecule has 1 aliphatic rings. The Balaban J connectivity index is 1.73. The van der Waals surface area contributed by atoms with E-state index in [-0.39, 0.29) is 19.1 Å². The van der Waals surface area contributed by atoms with Crippen molar-refractivity contribution in [3.8, 4) is 0 Å². The normalized spacial score (nSPS) is 14.2. The van der Waals surface area contributed by atoms with E-state index in [9.17, 15) is 9.59 Å². The molecular weight excluding hydrogens is 300 g/mol. The van der Waals surface area contributed by atoms with Crippen LogP contribution in [0.3, 0.4) is 0 Å². The first-order chi connectivity index (χ1) is 11.2. The standard InChI is InChI=1S/C15H22N4O4/c1-2-23-15(21)18-11-14(20)17-10-12-3-4-13(16-9-12)19-5-7-22-8-6-19/h3-4,9H,2,5-8,10-11H2,1H3,(H,17,20)(H,18,21). The zero-order chi connectivity index (χ0) is 16.5.